The Labute approximate surface area is 150 Å². The maximum atomic E-state index is 12.1. The lowest BCUT2D eigenvalue weighted by Gasteiger charge is -2.32. The van der Waals surface area contributed by atoms with Crippen LogP contribution in [0.5, 0.6) is 0 Å². The Morgan fingerprint density at radius 2 is 1.96 bits per heavy atom. The average molecular weight is 359 g/mol. The first-order valence-electron chi connectivity index (χ1n) is 8.33. The monoisotopic (exact) mass is 359 g/mol. The number of fused-ring (bicyclic) bond motifs is 1. The van der Waals surface area contributed by atoms with Crippen molar-refractivity contribution < 1.29 is 14.1 Å². The van der Waals surface area contributed by atoms with E-state index >= 15 is 0 Å². The molecule has 0 bridgehead atoms. The van der Waals surface area contributed by atoms with Gasteiger partial charge in [0, 0.05) is 13.5 Å². The van der Waals surface area contributed by atoms with Gasteiger partial charge in [0.1, 0.15) is 5.39 Å². The molecule has 2 aromatic rings. The minimum absolute atomic E-state index is 0.179. The van der Waals surface area contributed by atoms with E-state index in [9.17, 15) is 9.59 Å². The Bertz CT molecular complexity index is 914. The Balaban J connectivity index is 2.02. The molecule has 0 spiro atoms. The number of H-pyrrole nitrogens is 2. The van der Waals surface area contributed by atoms with E-state index in [1.165, 1.54) is 13.3 Å². The summed E-state index contributed by atoms with van der Waals surface area (Å²) < 4.78 is 12.1. The highest BCUT2D eigenvalue weighted by atomic mass is 16.7. The first kappa shape index (κ1) is 18.3. The van der Waals surface area contributed by atoms with Crippen molar-refractivity contribution >= 4 is 30.1 Å². The molecule has 0 aromatic carbocycles. The minimum atomic E-state index is -0.666. The fraction of sp³-hybridized carbons (Fsp3) is 0.500. The topological polar surface area (TPSA) is 122 Å². The predicted molar refractivity (Wildman–Crippen MR) is 97.3 cm³/mol. The molecule has 0 radical (unpaired) electrons. The fourth-order valence-electron chi connectivity index (χ4n) is 2.60. The normalized spacial score (nSPS) is 19.1. The van der Waals surface area contributed by atoms with Gasteiger partial charge in [0.05, 0.1) is 23.2 Å². The van der Waals surface area contributed by atoms with Crippen molar-refractivity contribution in [1.82, 2.24) is 25.5 Å². The largest absolute Gasteiger partial charge is 0.492 e. The number of nitrogens with one attached hydrogen (secondary N) is 3. The van der Waals surface area contributed by atoms with Crippen molar-refractivity contribution in [3.8, 4) is 0 Å². The standard InChI is InChI=1S/C16H22BN5O4/c1-9(23)18-7-10(17-25-15(2,3)16(4,5)26-17)6-11-12-13(22-21-11)19-8-20-14(12)24/h6,8H,7H2,1-5H3,(H,18,23)(H2,19,20,21,22,24). The van der Waals surface area contributed by atoms with Gasteiger partial charge in [-0.1, -0.05) is 0 Å². The summed E-state index contributed by atoms with van der Waals surface area (Å²) in [4.78, 5) is 30.1. The summed E-state index contributed by atoms with van der Waals surface area (Å²) in [6, 6.07) is 0. The molecule has 3 heterocycles. The summed E-state index contributed by atoms with van der Waals surface area (Å²) >= 11 is 0. The molecule has 10 heteroatoms. The number of rotatable bonds is 4. The number of nitrogens with zero attached hydrogens (tertiary/aromatic N) is 2. The zero-order valence-corrected chi connectivity index (χ0v) is 15.5. The number of aromatic nitrogens is 4. The van der Waals surface area contributed by atoms with Crippen molar-refractivity contribution in [2.75, 3.05) is 6.54 Å². The van der Waals surface area contributed by atoms with E-state index in [2.05, 4.69) is 25.5 Å². The second-order valence-corrected chi connectivity index (χ2v) is 7.28. The van der Waals surface area contributed by atoms with Gasteiger partial charge >= 0.3 is 7.12 Å². The average Bonchev–Trinajstić information content (AvgIpc) is 3.03. The third-order valence-corrected chi connectivity index (χ3v) is 4.81. The summed E-state index contributed by atoms with van der Waals surface area (Å²) in [6.45, 7) is 9.44. The molecule has 2 aromatic heterocycles. The Kier molecular flexibility index (Phi) is 4.49. The molecule has 1 amide bonds. The number of carbonyl (C=O) groups is 1. The van der Waals surface area contributed by atoms with Crippen LogP contribution in [0, 0.1) is 0 Å². The third kappa shape index (κ3) is 3.29. The summed E-state index contributed by atoms with van der Waals surface area (Å²) in [5.41, 5.74) is 0.0945. The van der Waals surface area contributed by atoms with Crippen LogP contribution in [0.15, 0.2) is 16.6 Å². The lowest BCUT2D eigenvalue weighted by molar-refractivity contribution is -0.118. The van der Waals surface area contributed by atoms with Gasteiger partial charge < -0.3 is 19.6 Å². The highest BCUT2D eigenvalue weighted by Crippen LogP contribution is 2.38. The van der Waals surface area contributed by atoms with Gasteiger partial charge in [-0.05, 0) is 39.2 Å². The van der Waals surface area contributed by atoms with Gasteiger partial charge in [-0.3, -0.25) is 14.7 Å². The van der Waals surface area contributed by atoms with Crippen molar-refractivity contribution in [1.29, 1.82) is 0 Å². The quantitative estimate of drug-likeness (QED) is 0.694. The first-order chi connectivity index (χ1) is 12.1. The molecule has 0 aliphatic carbocycles. The van der Waals surface area contributed by atoms with Gasteiger partial charge in [-0.2, -0.15) is 5.10 Å². The maximum absolute atomic E-state index is 12.1. The third-order valence-electron chi connectivity index (χ3n) is 4.81. The van der Waals surface area contributed by atoms with Crippen LogP contribution in [0.3, 0.4) is 0 Å². The van der Waals surface area contributed by atoms with Gasteiger partial charge in [0.25, 0.3) is 5.56 Å². The molecular weight excluding hydrogens is 337 g/mol. The lowest BCUT2D eigenvalue weighted by Crippen LogP contribution is -2.41. The molecule has 26 heavy (non-hydrogen) atoms. The predicted octanol–water partition coefficient (Wildman–Crippen LogP) is 0.797. The molecule has 1 aliphatic rings. The number of carbonyl (C=O) groups excluding carboxylic acids is 1. The van der Waals surface area contributed by atoms with E-state index < -0.39 is 18.3 Å². The molecule has 9 nitrogen and oxygen atoms in total. The Morgan fingerprint density at radius 3 is 2.58 bits per heavy atom. The number of amides is 1. The molecule has 1 aliphatic heterocycles. The van der Waals surface area contributed by atoms with Crippen LogP contribution in [0.2, 0.25) is 0 Å². The van der Waals surface area contributed by atoms with E-state index in [1.54, 1.807) is 6.08 Å². The smallest absolute Gasteiger partial charge is 0.400 e. The van der Waals surface area contributed by atoms with E-state index in [1.807, 2.05) is 27.7 Å². The summed E-state index contributed by atoms with van der Waals surface area (Å²) in [5.74, 6) is -0.179. The second-order valence-electron chi connectivity index (χ2n) is 7.28. The molecule has 138 valence electrons. The van der Waals surface area contributed by atoms with Crippen molar-refractivity contribution in [3.05, 3.63) is 27.8 Å². The zero-order chi connectivity index (χ0) is 19.1. The van der Waals surface area contributed by atoms with Crippen LogP contribution >= 0.6 is 0 Å². The van der Waals surface area contributed by atoms with Crippen molar-refractivity contribution in [2.45, 2.75) is 45.8 Å². The van der Waals surface area contributed by atoms with Gasteiger partial charge in [-0.15, -0.1) is 0 Å². The zero-order valence-electron chi connectivity index (χ0n) is 15.5. The summed E-state index contributed by atoms with van der Waals surface area (Å²) in [7, 11) is -0.666. The van der Waals surface area contributed by atoms with Crippen LogP contribution in [0.4, 0.5) is 0 Å². The molecule has 3 N–H and O–H groups in total. The number of aromatic amines is 2. The van der Waals surface area contributed by atoms with Crippen LogP contribution in [-0.2, 0) is 14.1 Å². The summed E-state index contributed by atoms with van der Waals surface area (Å²) in [5, 5.41) is 9.93. The first-order valence-corrected chi connectivity index (χ1v) is 8.33. The van der Waals surface area contributed by atoms with E-state index in [0.717, 1.165) is 0 Å². The van der Waals surface area contributed by atoms with Crippen LogP contribution in [0.25, 0.3) is 17.1 Å². The molecule has 0 saturated carbocycles. The molecule has 1 fully saturated rings. The molecule has 1 saturated heterocycles. The van der Waals surface area contributed by atoms with E-state index in [4.69, 9.17) is 9.31 Å². The van der Waals surface area contributed by atoms with Crippen molar-refractivity contribution in [2.24, 2.45) is 0 Å². The van der Waals surface area contributed by atoms with Crippen LogP contribution in [-0.4, -0.2) is 50.9 Å². The lowest BCUT2D eigenvalue weighted by atomic mass is 9.77. The maximum Gasteiger partial charge on any atom is 0.492 e. The van der Waals surface area contributed by atoms with E-state index in [0.29, 0.717) is 22.2 Å². The highest BCUT2D eigenvalue weighted by Gasteiger charge is 2.52. The molecule has 3 rings (SSSR count). The Hall–Kier alpha value is -2.46. The van der Waals surface area contributed by atoms with E-state index in [-0.39, 0.29) is 18.0 Å². The van der Waals surface area contributed by atoms with Crippen LogP contribution in [0.1, 0.15) is 40.3 Å². The van der Waals surface area contributed by atoms with Crippen molar-refractivity contribution in [3.63, 3.8) is 0 Å². The van der Waals surface area contributed by atoms with Gasteiger partial charge in [0.2, 0.25) is 5.91 Å². The van der Waals surface area contributed by atoms with Gasteiger partial charge in [0.15, 0.2) is 5.65 Å². The Morgan fingerprint density at radius 1 is 1.31 bits per heavy atom. The molecular formula is C16H22BN5O4. The van der Waals surface area contributed by atoms with Gasteiger partial charge in [-0.25, -0.2) is 4.98 Å². The van der Waals surface area contributed by atoms with Crippen LogP contribution < -0.4 is 10.9 Å². The molecule has 0 atom stereocenters. The highest BCUT2D eigenvalue weighted by molar-refractivity contribution is 6.56. The molecule has 0 unspecified atom stereocenters. The summed E-state index contributed by atoms with van der Waals surface area (Å²) in [6.07, 6.45) is 3.01. The SMILES string of the molecule is CC(=O)NCC(=Cc1[nH]nc2nc[nH]c(=O)c12)B1OC(C)(C)C(C)(C)O1. The number of hydrogen-bond donors (Lipinski definition) is 3. The minimum Gasteiger partial charge on any atom is -0.400 e. The fourth-order valence-corrected chi connectivity index (χ4v) is 2.60. The second kappa shape index (κ2) is 6.37. The number of hydrogen-bond acceptors (Lipinski definition) is 6.